The Morgan fingerprint density at radius 3 is 2.80 bits per heavy atom. The maximum absolute atomic E-state index is 12.2. The van der Waals surface area contributed by atoms with E-state index in [9.17, 15) is 14.7 Å². The van der Waals surface area contributed by atoms with Crippen molar-refractivity contribution in [2.45, 2.75) is 44.6 Å². The SMILES string of the molecule is CC(CC(=O)CC12COC3(CO)CCC1CC32)C(=O)O. The van der Waals surface area contributed by atoms with Crippen LogP contribution in [0.2, 0.25) is 0 Å². The Hall–Kier alpha value is -0.940. The summed E-state index contributed by atoms with van der Waals surface area (Å²) in [6.07, 6.45) is 3.46. The Bertz CT molecular complexity index is 446. The summed E-state index contributed by atoms with van der Waals surface area (Å²) >= 11 is 0. The molecule has 0 aromatic heterocycles. The van der Waals surface area contributed by atoms with Crippen molar-refractivity contribution in [3.05, 3.63) is 0 Å². The summed E-state index contributed by atoms with van der Waals surface area (Å²) in [6.45, 7) is 2.16. The fourth-order valence-electron chi connectivity index (χ4n) is 4.71. The Kier molecular flexibility index (Phi) is 3.18. The van der Waals surface area contributed by atoms with Crippen molar-refractivity contribution in [1.29, 1.82) is 0 Å². The molecule has 0 aromatic carbocycles. The largest absolute Gasteiger partial charge is 0.481 e. The molecule has 4 fully saturated rings. The number of hydrogen-bond donors (Lipinski definition) is 2. The number of carboxylic acid groups (broad SMARTS) is 1. The van der Waals surface area contributed by atoms with Crippen molar-refractivity contribution in [1.82, 2.24) is 0 Å². The molecular weight excluding hydrogens is 260 g/mol. The van der Waals surface area contributed by atoms with Crippen LogP contribution in [0.25, 0.3) is 0 Å². The van der Waals surface area contributed by atoms with Gasteiger partial charge in [0, 0.05) is 18.3 Å². The number of ketones is 1. The Morgan fingerprint density at radius 1 is 1.45 bits per heavy atom. The highest BCUT2D eigenvalue weighted by molar-refractivity contribution is 5.84. The van der Waals surface area contributed by atoms with Gasteiger partial charge in [0.1, 0.15) is 5.78 Å². The number of carboxylic acids is 1. The minimum atomic E-state index is -0.919. The highest BCUT2D eigenvalue weighted by atomic mass is 16.5. The third kappa shape index (κ3) is 1.76. The molecule has 0 radical (unpaired) electrons. The molecule has 5 unspecified atom stereocenters. The first-order valence-corrected chi connectivity index (χ1v) is 7.43. The number of carbonyl (C=O) groups is 2. The van der Waals surface area contributed by atoms with Gasteiger partial charge >= 0.3 is 5.97 Å². The zero-order valence-electron chi connectivity index (χ0n) is 11.8. The van der Waals surface area contributed by atoms with Crippen molar-refractivity contribution < 1.29 is 24.5 Å². The fraction of sp³-hybridized carbons (Fsp3) is 0.867. The summed E-state index contributed by atoms with van der Waals surface area (Å²) in [5, 5.41) is 18.5. The first-order chi connectivity index (χ1) is 9.43. The van der Waals surface area contributed by atoms with Gasteiger partial charge < -0.3 is 14.9 Å². The predicted molar refractivity (Wildman–Crippen MR) is 70.1 cm³/mol. The molecule has 5 heteroatoms. The van der Waals surface area contributed by atoms with Crippen LogP contribution in [0.4, 0.5) is 0 Å². The summed E-state index contributed by atoms with van der Waals surface area (Å²) in [4.78, 5) is 23.0. The molecule has 3 aliphatic carbocycles. The van der Waals surface area contributed by atoms with Crippen LogP contribution in [0.1, 0.15) is 39.0 Å². The normalized spacial score (nSPS) is 42.9. The van der Waals surface area contributed by atoms with Crippen LogP contribution in [-0.2, 0) is 14.3 Å². The van der Waals surface area contributed by atoms with Crippen molar-refractivity contribution in [2.75, 3.05) is 13.2 Å². The maximum Gasteiger partial charge on any atom is 0.306 e. The third-order valence-corrected chi connectivity index (χ3v) is 5.96. The highest BCUT2D eigenvalue weighted by Gasteiger charge is 2.70. The second kappa shape index (κ2) is 4.53. The van der Waals surface area contributed by atoms with Crippen LogP contribution in [0, 0.1) is 23.2 Å². The molecule has 20 heavy (non-hydrogen) atoms. The summed E-state index contributed by atoms with van der Waals surface area (Å²) in [7, 11) is 0. The van der Waals surface area contributed by atoms with Gasteiger partial charge in [0.25, 0.3) is 0 Å². The van der Waals surface area contributed by atoms with Crippen molar-refractivity contribution in [2.24, 2.45) is 23.2 Å². The van der Waals surface area contributed by atoms with E-state index < -0.39 is 17.5 Å². The number of Topliss-reactive ketones (excluding diaryl/α,β-unsaturated/α-hetero) is 1. The van der Waals surface area contributed by atoms with Crippen molar-refractivity contribution in [3.8, 4) is 0 Å². The van der Waals surface area contributed by atoms with Gasteiger partial charge in [-0.3, -0.25) is 9.59 Å². The fourth-order valence-corrected chi connectivity index (χ4v) is 4.71. The van der Waals surface area contributed by atoms with Crippen molar-refractivity contribution >= 4 is 11.8 Å². The molecule has 2 N–H and O–H groups in total. The van der Waals surface area contributed by atoms with E-state index in [2.05, 4.69) is 0 Å². The van der Waals surface area contributed by atoms with Crippen LogP contribution >= 0.6 is 0 Å². The van der Waals surface area contributed by atoms with Crippen molar-refractivity contribution in [3.63, 3.8) is 0 Å². The second-order valence-electron chi connectivity index (χ2n) is 6.93. The van der Waals surface area contributed by atoms with E-state index in [1.165, 1.54) is 0 Å². The minimum Gasteiger partial charge on any atom is -0.481 e. The third-order valence-electron chi connectivity index (χ3n) is 5.96. The van der Waals surface area contributed by atoms with E-state index in [-0.39, 0.29) is 30.1 Å². The molecule has 0 aromatic rings. The average Bonchev–Trinajstić information content (AvgIpc) is 2.57. The molecule has 4 bridgehead atoms. The van der Waals surface area contributed by atoms with Crippen LogP contribution in [0.15, 0.2) is 0 Å². The lowest BCUT2D eigenvalue weighted by Gasteiger charge is -2.59. The predicted octanol–water partition coefficient (Wildman–Crippen LogP) is 1.23. The lowest BCUT2D eigenvalue weighted by Crippen LogP contribution is -2.60. The molecule has 3 saturated carbocycles. The first-order valence-electron chi connectivity index (χ1n) is 7.43. The maximum atomic E-state index is 12.2. The zero-order chi connectivity index (χ0) is 14.5. The highest BCUT2D eigenvalue weighted by Crippen LogP contribution is 2.69. The number of ether oxygens (including phenoxy) is 1. The quantitative estimate of drug-likeness (QED) is 0.765. The van der Waals surface area contributed by atoms with Crippen LogP contribution in [0.3, 0.4) is 0 Å². The van der Waals surface area contributed by atoms with Gasteiger partial charge in [0.15, 0.2) is 0 Å². The molecule has 4 aliphatic rings. The molecule has 0 amide bonds. The Labute approximate surface area is 118 Å². The number of aliphatic hydroxyl groups is 1. The molecule has 1 saturated heterocycles. The van der Waals surface area contributed by atoms with E-state index in [1.807, 2.05) is 0 Å². The van der Waals surface area contributed by atoms with Gasteiger partial charge in [-0.1, -0.05) is 6.92 Å². The molecule has 1 heterocycles. The number of hydrogen-bond acceptors (Lipinski definition) is 4. The molecule has 1 aliphatic heterocycles. The second-order valence-corrected chi connectivity index (χ2v) is 6.93. The van der Waals surface area contributed by atoms with Gasteiger partial charge in [0.05, 0.1) is 24.7 Å². The van der Waals surface area contributed by atoms with E-state index in [0.717, 1.165) is 19.3 Å². The number of aliphatic hydroxyl groups excluding tert-OH is 1. The minimum absolute atomic E-state index is 0.0221. The lowest BCUT2D eigenvalue weighted by atomic mass is 9.43. The van der Waals surface area contributed by atoms with E-state index >= 15 is 0 Å². The van der Waals surface area contributed by atoms with E-state index in [0.29, 0.717) is 18.9 Å². The molecule has 0 spiro atoms. The topological polar surface area (TPSA) is 83.8 Å². The summed E-state index contributed by atoms with van der Waals surface area (Å²) in [5.74, 6) is -0.726. The van der Waals surface area contributed by atoms with Crippen LogP contribution in [-0.4, -0.2) is 40.8 Å². The number of fused-ring (bicyclic) bond motifs is 1. The molecule has 112 valence electrons. The first kappa shape index (κ1) is 14.0. The van der Waals surface area contributed by atoms with Gasteiger partial charge in [-0.05, 0) is 31.1 Å². The van der Waals surface area contributed by atoms with Gasteiger partial charge in [0.2, 0.25) is 0 Å². The Balaban J connectivity index is 1.69. The lowest BCUT2D eigenvalue weighted by molar-refractivity contribution is -0.152. The van der Waals surface area contributed by atoms with Gasteiger partial charge in [-0.2, -0.15) is 0 Å². The monoisotopic (exact) mass is 282 g/mol. The van der Waals surface area contributed by atoms with Gasteiger partial charge in [-0.25, -0.2) is 0 Å². The summed E-state index contributed by atoms with van der Waals surface area (Å²) < 4.78 is 5.91. The van der Waals surface area contributed by atoms with E-state index in [4.69, 9.17) is 9.84 Å². The molecular formula is C15H22O5. The molecule has 4 rings (SSSR count). The average molecular weight is 282 g/mol. The standard InChI is InChI=1S/C15H22O5/c1-9(13(18)19)4-11(17)6-14-8-20-15(7-16)3-2-10(14)5-12(14)15/h9-10,12,16H,2-8H2,1H3,(H,18,19). The van der Waals surface area contributed by atoms with Crippen LogP contribution in [0.5, 0.6) is 0 Å². The smallest absolute Gasteiger partial charge is 0.306 e. The van der Waals surface area contributed by atoms with E-state index in [1.54, 1.807) is 6.92 Å². The molecule has 5 atom stereocenters. The number of carbonyl (C=O) groups excluding carboxylic acids is 1. The Morgan fingerprint density at radius 2 is 2.20 bits per heavy atom. The molecule has 5 nitrogen and oxygen atoms in total. The zero-order valence-corrected chi connectivity index (χ0v) is 11.8. The number of aliphatic carboxylic acids is 1. The summed E-state index contributed by atoms with van der Waals surface area (Å²) in [5.41, 5.74) is -0.538. The van der Waals surface area contributed by atoms with Crippen LogP contribution < -0.4 is 0 Å². The number of rotatable bonds is 6. The van der Waals surface area contributed by atoms with Gasteiger partial charge in [-0.15, -0.1) is 0 Å². The summed E-state index contributed by atoms with van der Waals surface area (Å²) in [6, 6.07) is 0.